The Kier molecular flexibility index (Phi) is 6.25. The summed E-state index contributed by atoms with van der Waals surface area (Å²) < 4.78 is 18.0. The number of fused-ring (bicyclic) bond motifs is 6. The zero-order valence-electron chi connectivity index (χ0n) is 18.0. The lowest BCUT2D eigenvalue weighted by Gasteiger charge is -2.40. The van der Waals surface area contributed by atoms with Crippen molar-refractivity contribution in [1.29, 1.82) is 0 Å². The Morgan fingerprint density at radius 3 is 2.77 bits per heavy atom. The van der Waals surface area contributed by atoms with E-state index in [1.807, 2.05) is 16.8 Å². The number of pyridine rings is 1. The van der Waals surface area contributed by atoms with E-state index >= 15 is 0 Å². The summed E-state index contributed by atoms with van der Waals surface area (Å²) in [6.07, 6.45) is 4.33. The monoisotopic (exact) mass is 446 g/mol. The van der Waals surface area contributed by atoms with Crippen LogP contribution in [0.25, 0.3) is 11.3 Å². The van der Waals surface area contributed by atoms with Crippen molar-refractivity contribution in [3.63, 3.8) is 0 Å². The molecule has 2 aliphatic rings. The van der Waals surface area contributed by atoms with Gasteiger partial charge in [0.25, 0.3) is 0 Å². The highest BCUT2D eigenvalue weighted by Gasteiger charge is 2.39. The minimum atomic E-state index is -0.602. The molecular weight excluding hydrogens is 420 g/mol. The van der Waals surface area contributed by atoms with Crippen molar-refractivity contribution >= 4 is 17.6 Å². The molecular formula is C23H27ClN2O5. The van der Waals surface area contributed by atoms with Gasteiger partial charge >= 0.3 is 5.97 Å². The van der Waals surface area contributed by atoms with Crippen LogP contribution in [-0.2, 0) is 9.47 Å². The number of benzene rings is 1. The predicted octanol–water partition coefficient (Wildman–Crippen LogP) is 3.94. The van der Waals surface area contributed by atoms with Crippen molar-refractivity contribution in [2.75, 3.05) is 31.9 Å². The number of esters is 1. The molecule has 7 nitrogen and oxygen atoms in total. The molecule has 3 heterocycles. The van der Waals surface area contributed by atoms with Gasteiger partial charge < -0.3 is 19.2 Å². The van der Waals surface area contributed by atoms with Gasteiger partial charge in [0.1, 0.15) is 11.3 Å². The average Bonchev–Trinajstić information content (AvgIpc) is 3.13. The van der Waals surface area contributed by atoms with Crippen LogP contribution in [0.3, 0.4) is 0 Å². The topological polar surface area (TPSA) is 70.0 Å². The smallest absolute Gasteiger partial charge is 0.343 e. The maximum atomic E-state index is 12.7. The summed E-state index contributed by atoms with van der Waals surface area (Å²) >= 11 is 6.54. The van der Waals surface area contributed by atoms with E-state index in [0.717, 1.165) is 30.4 Å². The molecule has 2 aromatic rings. The van der Waals surface area contributed by atoms with E-state index in [4.69, 9.17) is 25.8 Å². The van der Waals surface area contributed by atoms with Crippen molar-refractivity contribution in [3.8, 4) is 17.0 Å². The van der Waals surface area contributed by atoms with E-state index in [1.54, 1.807) is 20.2 Å². The maximum absolute atomic E-state index is 12.7. The minimum absolute atomic E-state index is 0.0380. The van der Waals surface area contributed by atoms with Crippen LogP contribution in [-0.4, -0.2) is 43.6 Å². The third-order valence-electron chi connectivity index (χ3n) is 5.89. The van der Waals surface area contributed by atoms with Gasteiger partial charge in [-0.15, -0.1) is 0 Å². The van der Waals surface area contributed by atoms with Crippen molar-refractivity contribution in [3.05, 3.63) is 50.8 Å². The molecule has 0 saturated carbocycles. The van der Waals surface area contributed by atoms with Gasteiger partial charge in [-0.05, 0) is 44.4 Å². The fourth-order valence-corrected chi connectivity index (χ4v) is 4.69. The van der Waals surface area contributed by atoms with Crippen LogP contribution in [0.4, 0.5) is 0 Å². The molecule has 31 heavy (non-hydrogen) atoms. The Bertz CT molecular complexity index is 1050. The molecule has 4 rings (SSSR count). The number of nitrogens with zero attached hydrogens (tertiary/aromatic N) is 2. The van der Waals surface area contributed by atoms with Crippen LogP contribution in [0.2, 0.25) is 5.02 Å². The molecule has 0 bridgehead atoms. The van der Waals surface area contributed by atoms with Crippen molar-refractivity contribution in [2.24, 2.45) is 0 Å². The molecule has 0 amide bonds. The lowest BCUT2D eigenvalue weighted by atomic mass is 9.94. The van der Waals surface area contributed by atoms with Gasteiger partial charge in [-0.3, -0.25) is 9.47 Å². The first kappa shape index (κ1) is 21.7. The summed E-state index contributed by atoms with van der Waals surface area (Å²) in [5.74, 6) is 0.0322. The summed E-state index contributed by atoms with van der Waals surface area (Å²) in [7, 11) is 1.66. The molecule has 0 radical (unpaired) electrons. The molecule has 2 atom stereocenters. The van der Waals surface area contributed by atoms with E-state index in [0.29, 0.717) is 29.7 Å². The van der Waals surface area contributed by atoms with Gasteiger partial charge in [0, 0.05) is 44.0 Å². The summed E-state index contributed by atoms with van der Waals surface area (Å²) in [4.78, 5) is 25.1. The van der Waals surface area contributed by atoms with Crippen LogP contribution in [0, 0.1) is 0 Å². The summed E-state index contributed by atoms with van der Waals surface area (Å²) in [6, 6.07) is 5.71. The van der Waals surface area contributed by atoms with Crippen LogP contribution < -0.4 is 15.2 Å². The second kappa shape index (κ2) is 8.93. The fraction of sp³-hybridized carbons (Fsp3) is 0.478. The molecule has 166 valence electrons. The predicted molar refractivity (Wildman–Crippen MR) is 119 cm³/mol. The van der Waals surface area contributed by atoms with Gasteiger partial charge in [0.2, 0.25) is 0 Å². The Hall–Kier alpha value is -2.51. The van der Waals surface area contributed by atoms with Crippen molar-refractivity contribution in [2.45, 2.75) is 45.2 Å². The van der Waals surface area contributed by atoms with Gasteiger partial charge in [0.15, 0.2) is 5.43 Å². The lowest BCUT2D eigenvalue weighted by Crippen LogP contribution is -2.43. The van der Waals surface area contributed by atoms with Crippen molar-refractivity contribution < 1.29 is 19.0 Å². The molecule has 0 aliphatic carbocycles. The standard InChI is InChI=1S/C23H27ClN2O5/c1-4-30-23(28)17-13-25-20(12-21(17)27)15-10-18(24)22(31-9-5-8-29-3)11-16(15)19-7-6-14(2)26(19)25/h10-14,19H,4-9H2,1-3H3/t14-,19-/m1/s1. The van der Waals surface area contributed by atoms with Crippen molar-refractivity contribution in [1.82, 2.24) is 4.68 Å². The number of ether oxygens (including phenoxy) is 3. The number of rotatable bonds is 7. The Morgan fingerprint density at radius 1 is 1.23 bits per heavy atom. The van der Waals surface area contributed by atoms with E-state index in [1.165, 1.54) is 6.07 Å². The minimum Gasteiger partial charge on any atom is -0.492 e. The summed E-state index contributed by atoms with van der Waals surface area (Å²) in [6.45, 7) is 5.22. The molecule has 1 saturated heterocycles. The third kappa shape index (κ3) is 3.92. The molecule has 2 aliphatic heterocycles. The zero-order chi connectivity index (χ0) is 22.1. The van der Waals surface area contributed by atoms with Gasteiger partial charge in [-0.2, -0.15) is 0 Å². The summed E-state index contributed by atoms with van der Waals surface area (Å²) in [5, 5.41) is 2.71. The average molecular weight is 447 g/mol. The SMILES string of the molecule is CCOC(=O)c1cn2c(cc1=O)-c1cc(Cl)c(OCCCOC)cc1[C@H]1CC[C@@H](C)N12. The van der Waals surface area contributed by atoms with Gasteiger partial charge in [-0.25, -0.2) is 4.79 Å². The van der Waals surface area contributed by atoms with E-state index in [9.17, 15) is 9.59 Å². The first-order valence-electron chi connectivity index (χ1n) is 10.6. The molecule has 1 fully saturated rings. The first-order valence-corrected chi connectivity index (χ1v) is 11.0. The zero-order valence-corrected chi connectivity index (χ0v) is 18.8. The number of methoxy groups -OCH3 is 1. The van der Waals surface area contributed by atoms with Crippen LogP contribution >= 0.6 is 11.6 Å². The molecule has 0 spiro atoms. The lowest BCUT2D eigenvalue weighted by molar-refractivity contribution is 0.0523. The molecule has 1 aromatic carbocycles. The number of halogens is 1. The third-order valence-corrected chi connectivity index (χ3v) is 6.19. The van der Waals surface area contributed by atoms with E-state index < -0.39 is 5.97 Å². The summed E-state index contributed by atoms with van der Waals surface area (Å²) in [5.41, 5.74) is 2.36. The maximum Gasteiger partial charge on any atom is 0.343 e. The number of carbonyl (C=O) groups is 1. The number of aromatic nitrogens is 1. The highest BCUT2D eigenvalue weighted by molar-refractivity contribution is 6.32. The quantitative estimate of drug-likeness (QED) is 0.474. The Balaban J connectivity index is 1.80. The molecule has 0 N–H and O–H groups in total. The first-order chi connectivity index (χ1) is 15.0. The number of hydrogen-bond acceptors (Lipinski definition) is 6. The van der Waals surface area contributed by atoms with E-state index in [-0.39, 0.29) is 29.7 Å². The normalized spacial score (nSPS) is 18.9. The van der Waals surface area contributed by atoms with Crippen LogP contribution in [0.15, 0.2) is 29.2 Å². The second-order valence-electron chi connectivity index (χ2n) is 7.89. The Morgan fingerprint density at radius 2 is 2.03 bits per heavy atom. The van der Waals surface area contributed by atoms with Crippen LogP contribution in [0.5, 0.6) is 5.75 Å². The molecule has 0 unspecified atom stereocenters. The van der Waals surface area contributed by atoms with Gasteiger partial charge in [-0.1, -0.05) is 11.6 Å². The number of carbonyl (C=O) groups excluding carboxylic acids is 1. The molecule has 1 aromatic heterocycles. The highest BCUT2D eigenvalue weighted by atomic mass is 35.5. The van der Waals surface area contributed by atoms with Crippen LogP contribution in [0.1, 0.15) is 55.1 Å². The largest absolute Gasteiger partial charge is 0.492 e. The Labute approximate surface area is 186 Å². The number of hydrogen-bond donors (Lipinski definition) is 0. The highest BCUT2D eigenvalue weighted by Crippen LogP contribution is 2.46. The van der Waals surface area contributed by atoms with Gasteiger partial charge in [0.05, 0.1) is 30.0 Å². The second-order valence-corrected chi connectivity index (χ2v) is 8.30. The fourth-order valence-electron chi connectivity index (χ4n) is 4.47. The molecule has 8 heteroatoms. The van der Waals surface area contributed by atoms with E-state index in [2.05, 4.69) is 11.9 Å².